The van der Waals surface area contributed by atoms with Gasteiger partial charge < -0.3 is 10.2 Å². The lowest BCUT2D eigenvalue weighted by atomic mass is 10.1. The van der Waals surface area contributed by atoms with Gasteiger partial charge in [-0.1, -0.05) is 41.9 Å². The van der Waals surface area contributed by atoms with Crippen LogP contribution in [-0.4, -0.2) is 30.8 Å². The zero-order valence-corrected chi connectivity index (χ0v) is 14.4. The standard InChI is InChI=1S/C19H19ClN2O2/c1-22(2)19(24)14-9-8-13(10-17(14)20)21-18(23)16-11-15(16)12-6-4-3-5-7-12/h3-10,15-16H,11H2,1-2H3,(H,21,23). The van der Waals surface area contributed by atoms with E-state index < -0.39 is 0 Å². The van der Waals surface area contributed by atoms with Crippen LogP contribution in [0, 0.1) is 5.92 Å². The van der Waals surface area contributed by atoms with Crippen molar-refractivity contribution in [3.05, 3.63) is 64.7 Å². The predicted molar refractivity (Wildman–Crippen MR) is 95.4 cm³/mol. The lowest BCUT2D eigenvalue weighted by Crippen LogP contribution is -2.22. The molecule has 1 N–H and O–H groups in total. The first-order valence-electron chi connectivity index (χ1n) is 7.84. The van der Waals surface area contributed by atoms with Gasteiger partial charge in [0.15, 0.2) is 0 Å². The summed E-state index contributed by atoms with van der Waals surface area (Å²) >= 11 is 6.17. The Hall–Kier alpha value is -2.33. The minimum atomic E-state index is -0.163. The first-order valence-corrected chi connectivity index (χ1v) is 8.22. The maximum atomic E-state index is 12.4. The normalized spacial score (nSPS) is 18.8. The van der Waals surface area contributed by atoms with Crippen LogP contribution >= 0.6 is 11.6 Å². The summed E-state index contributed by atoms with van der Waals surface area (Å²) in [5, 5.41) is 3.23. The average molecular weight is 343 g/mol. The summed E-state index contributed by atoms with van der Waals surface area (Å²) in [5.74, 6) is 0.112. The lowest BCUT2D eigenvalue weighted by molar-refractivity contribution is -0.117. The quantitative estimate of drug-likeness (QED) is 0.919. The van der Waals surface area contributed by atoms with Crippen LogP contribution in [0.2, 0.25) is 5.02 Å². The van der Waals surface area contributed by atoms with Crippen LogP contribution in [0.5, 0.6) is 0 Å². The minimum Gasteiger partial charge on any atom is -0.345 e. The summed E-state index contributed by atoms with van der Waals surface area (Å²) in [6, 6.07) is 15.0. The van der Waals surface area contributed by atoms with Crippen LogP contribution in [0.1, 0.15) is 28.3 Å². The molecule has 0 spiro atoms. The second kappa shape index (κ2) is 6.65. The summed E-state index contributed by atoms with van der Waals surface area (Å²) in [4.78, 5) is 25.8. The van der Waals surface area contributed by atoms with E-state index in [1.54, 1.807) is 32.3 Å². The molecule has 0 saturated heterocycles. The van der Waals surface area contributed by atoms with Gasteiger partial charge in [0.25, 0.3) is 5.91 Å². The van der Waals surface area contributed by atoms with Crippen molar-refractivity contribution in [2.75, 3.05) is 19.4 Å². The largest absolute Gasteiger partial charge is 0.345 e. The summed E-state index contributed by atoms with van der Waals surface area (Å²) in [6.45, 7) is 0. The third-order valence-corrected chi connectivity index (χ3v) is 4.54. The highest BCUT2D eigenvalue weighted by molar-refractivity contribution is 6.34. The Morgan fingerprint density at radius 1 is 1.12 bits per heavy atom. The van der Waals surface area contributed by atoms with Crippen LogP contribution < -0.4 is 5.32 Å². The molecule has 124 valence electrons. The summed E-state index contributed by atoms with van der Waals surface area (Å²) in [6.07, 6.45) is 0.862. The predicted octanol–water partition coefficient (Wildman–Crippen LogP) is 3.78. The number of halogens is 1. The van der Waals surface area contributed by atoms with Gasteiger partial charge in [-0.25, -0.2) is 0 Å². The van der Waals surface area contributed by atoms with Gasteiger partial charge >= 0.3 is 0 Å². The molecule has 24 heavy (non-hydrogen) atoms. The highest BCUT2D eigenvalue weighted by Crippen LogP contribution is 2.47. The van der Waals surface area contributed by atoms with E-state index in [4.69, 9.17) is 11.6 Å². The Morgan fingerprint density at radius 3 is 2.46 bits per heavy atom. The van der Waals surface area contributed by atoms with Gasteiger partial charge in [0.1, 0.15) is 0 Å². The smallest absolute Gasteiger partial charge is 0.254 e. The molecule has 0 bridgehead atoms. The molecule has 2 atom stereocenters. The number of hydrogen-bond acceptors (Lipinski definition) is 2. The van der Waals surface area contributed by atoms with Gasteiger partial charge in [0.2, 0.25) is 5.91 Å². The maximum Gasteiger partial charge on any atom is 0.254 e. The fourth-order valence-corrected chi connectivity index (χ4v) is 3.06. The van der Waals surface area contributed by atoms with Gasteiger partial charge in [-0.15, -0.1) is 0 Å². The zero-order valence-electron chi connectivity index (χ0n) is 13.6. The zero-order chi connectivity index (χ0) is 17.3. The molecule has 3 rings (SSSR count). The molecule has 0 aliphatic heterocycles. The molecule has 1 aliphatic carbocycles. The van der Waals surface area contributed by atoms with E-state index in [9.17, 15) is 9.59 Å². The van der Waals surface area contributed by atoms with E-state index in [1.807, 2.05) is 18.2 Å². The van der Waals surface area contributed by atoms with Crippen molar-refractivity contribution in [2.45, 2.75) is 12.3 Å². The molecule has 2 unspecified atom stereocenters. The number of amides is 2. The molecule has 1 aliphatic rings. The number of carbonyl (C=O) groups excluding carboxylic acids is 2. The Labute approximate surface area is 146 Å². The molecule has 2 aromatic rings. The van der Waals surface area contributed by atoms with E-state index in [1.165, 1.54) is 10.5 Å². The van der Waals surface area contributed by atoms with Crippen molar-refractivity contribution < 1.29 is 9.59 Å². The van der Waals surface area contributed by atoms with Gasteiger partial charge in [-0.2, -0.15) is 0 Å². The third-order valence-electron chi connectivity index (χ3n) is 4.23. The second-order valence-electron chi connectivity index (χ2n) is 6.24. The van der Waals surface area contributed by atoms with E-state index in [0.29, 0.717) is 16.3 Å². The lowest BCUT2D eigenvalue weighted by Gasteiger charge is -2.13. The molecular weight excluding hydrogens is 324 g/mol. The fourth-order valence-electron chi connectivity index (χ4n) is 2.80. The summed E-state index contributed by atoms with van der Waals surface area (Å²) in [5.41, 5.74) is 2.23. The number of nitrogens with one attached hydrogen (secondary N) is 1. The van der Waals surface area contributed by atoms with Gasteiger partial charge in [0.05, 0.1) is 10.6 Å². The van der Waals surface area contributed by atoms with Crippen molar-refractivity contribution >= 4 is 29.1 Å². The average Bonchev–Trinajstić information content (AvgIpc) is 3.36. The minimum absolute atomic E-state index is 0.00532. The maximum absolute atomic E-state index is 12.4. The first-order chi connectivity index (χ1) is 11.5. The van der Waals surface area contributed by atoms with Gasteiger partial charge in [0, 0.05) is 25.7 Å². The number of benzene rings is 2. The van der Waals surface area contributed by atoms with Crippen molar-refractivity contribution in [1.29, 1.82) is 0 Å². The molecule has 0 radical (unpaired) electrons. The van der Waals surface area contributed by atoms with E-state index >= 15 is 0 Å². The molecule has 0 heterocycles. The van der Waals surface area contributed by atoms with E-state index in [-0.39, 0.29) is 23.7 Å². The van der Waals surface area contributed by atoms with Crippen molar-refractivity contribution in [3.63, 3.8) is 0 Å². The summed E-state index contributed by atoms with van der Waals surface area (Å²) in [7, 11) is 3.34. The Morgan fingerprint density at radius 2 is 1.83 bits per heavy atom. The molecule has 5 heteroatoms. The topological polar surface area (TPSA) is 49.4 Å². The highest BCUT2D eigenvalue weighted by Gasteiger charge is 2.43. The molecule has 1 saturated carbocycles. The van der Waals surface area contributed by atoms with Crippen LogP contribution in [-0.2, 0) is 4.79 Å². The monoisotopic (exact) mass is 342 g/mol. The fraction of sp³-hybridized carbons (Fsp3) is 0.263. The van der Waals surface area contributed by atoms with Gasteiger partial charge in [-0.05, 0) is 36.1 Å². The molecule has 4 nitrogen and oxygen atoms in total. The van der Waals surface area contributed by atoms with Crippen molar-refractivity contribution in [1.82, 2.24) is 4.90 Å². The van der Waals surface area contributed by atoms with E-state index in [0.717, 1.165) is 6.42 Å². The highest BCUT2D eigenvalue weighted by atomic mass is 35.5. The number of hydrogen-bond donors (Lipinski definition) is 1. The number of rotatable bonds is 4. The first kappa shape index (κ1) is 16.5. The van der Waals surface area contributed by atoms with Crippen LogP contribution in [0.4, 0.5) is 5.69 Å². The van der Waals surface area contributed by atoms with Crippen molar-refractivity contribution in [3.8, 4) is 0 Å². The van der Waals surface area contributed by atoms with Gasteiger partial charge in [-0.3, -0.25) is 9.59 Å². The van der Waals surface area contributed by atoms with Crippen LogP contribution in [0.15, 0.2) is 48.5 Å². The number of nitrogens with zero attached hydrogens (tertiary/aromatic N) is 1. The van der Waals surface area contributed by atoms with Crippen LogP contribution in [0.25, 0.3) is 0 Å². The molecule has 0 aromatic heterocycles. The Kier molecular flexibility index (Phi) is 4.58. The molecular formula is C19H19ClN2O2. The Balaban J connectivity index is 1.66. The SMILES string of the molecule is CN(C)C(=O)c1ccc(NC(=O)C2CC2c2ccccc2)cc1Cl. The Bertz CT molecular complexity index is 774. The molecule has 2 aromatic carbocycles. The van der Waals surface area contributed by atoms with Crippen molar-refractivity contribution in [2.24, 2.45) is 5.92 Å². The number of anilines is 1. The third kappa shape index (κ3) is 3.44. The van der Waals surface area contributed by atoms with E-state index in [2.05, 4.69) is 17.4 Å². The molecule has 2 amide bonds. The molecule has 1 fully saturated rings. The summed E-state index contributed by atoms with van der Waals surface area (Å²) < 4.78 is 0. The van der Waals surface area contributed by atoms with Crippen LogP contribution in [0.3, 0.4) is 0 Å². The number of carbonyl (C=O) groups is 2. The second-order valence-corrected chi connectivity index (χ2v) is 6.65.